The smallest absolute Gasteiger partial charge is 0.274 e. The van der Waals surface area contributed by atoms with Gasteiger partial charge in [0.2, 0.25) is 0 Å². The molecule has 0 bridgehead atoms. The highest BCUT2D eigenvalue weighted by Crippen LogP contribution is 2.18. The van der Waals surface area contributed by atoms with Gasteiger partial charge < -0.3 is 10.6 Å². The Labute approximate surface area is 125 Å². The van der Waals surface area contributed by atoms with E-state index in [-0.39, 0.29) is 5.91 Å². The number of benzene rings is 1. The zero-order valence-electron chi connectivity index (χ0n) is 12.5. The van der Waals surface area contributed by atoms with Crippen LogP contribution in [0.2, 0.25) is 0 Å². The summed E-state index contributed by atoms with van der Waals surface area (Å²) in [6.45, 7) is 4.95. The number of aryl methyl sites for hydroxylation is 1. The van der Waals surface area contributed by atoms with Crippen molar-refractivity contribution < 1.29 is 4.79 Å². The zero-order chi connectivity index (χ0) is 15.1. The van der Waals surface area contributed by atoms with Crippen molar-refractivity contribution in [1.82, 2.24) is 4.98 Å². The minimum absolute atomic E-state index is 0.182. The summed E-state index contributed by atoms with van der Waals surface area (Å²) in [6, 6.07) is 11.5. The Hall–Kier alpha value is -2.36. The number of nitrogens with zero attached hydrogens (tertiary/aromatic N) is 1. The molecule has 0 spiro atoms. The van der Waals surface area contributed by atoms with E-state index in [2.05, 4.69) is 22.5 Å². The van der Waals surface area contributed by atoms with E-state index >= 15 is 0 Å². The first-order chi connectivity index (χ1) is 10.2. The maximum atomic E-state index is 12.3. The molecule has 1 heterocycles. The summed E-state index contributed by atoms with van der Waals surface area (Å²) in [7, 11) is 0. The van der Waals surface area contributed by atoms with Crippen LogP contribution in [-0.4, -0.2) is 17.4 Å². The molecule has 4 heteroatoms. The van der Waals surface area contributed by atoms with E-state index in [1.165, 1.54) is 0 Å². The van der Waals surface area contributed by atoms with Crippen LogP contribution >= 0.6 is 0 Å². The molecular formula is C17H21N3O. The molecular weight excluding hydrogens is 262 g/mol. The molecule has 0 aliphatic carbocycles. The highest BCUT2D eigenvalue weighted by atomic mass is 16.1. The minimum Gasteiger partial charge on any atom is -0.385 e. The fourth-order valence-electron chi connectivity index (χ4n) is 2.18. The van der Waals surface area contributed by atoms with E-state index in [9.17, 15) is 4.79 Å². The molecule has 2 N–H and O–H groups in total. The fourth-order valence-corrected chi connectivity index (χ4v) is 2.18. The summed E-state index contributed by atoms with van der Waals surface area (Å²) in [4.78, 5) is 16.5. The van der Waals surface area contributed by atoms with Crippen LogP contribution in [0.15, 0.2) is 42.6 Å². The van der Waals surface area contributed by atoms with Crippen molar-refractivity contribution in [3.05, 3.63) is 53.9 Å². The van der Waals surface area contributed by atoms with Gasteiger partial charge >= 0.3 is 0 Å². The fraction of sp³-hybridized carbons (Fsp3) is 0.294. The predicted molar refractivity (Wildman–Crippen MR) is 86.8 cm³/mol. The van der Waals surface area contributed by atoms with E-state index < -0.39 is 0 Å². The predicted octanol–water partition coefficient (Wildman–Crippen LogP) is 3.72. The highest BCUT2D eigenvalue weighted by molar-refractivity contribution is 6.03. The molecule has 0 fully saturated rings. The van der Waals surface area contributed by atoms with Gasteiger partial charge in [0.25, 0.3) is 5.91 Å². The third-order valence-electron chi connectivity index (χ3n) is 3.16. The molecule has 0 unspecified atom stereocenters. The van der Waals surface area contributed by atoms with Crippen LogP contribution in [0.3, 0.4) is 0 Å². The topological polar surface area (TPSA) is 54.0 Å². The second-order valence-electron chi connectivity index (χ2n) is 4.82. The van der Waals surface area contributed by atoms with Crippen molar-refractivity contribution in [2.45, 2.75) is 26.7 Å². The zero-order valence-corrected chi connectivity index (χ0v) is 12.5. The lowest BCUT2D eigenvalue weighted by Crippen LogP contribution is -2.15. The molecule has 0 aliphatic heterocycles. The Morgan fingerprint density at radius 2 is 2.00 bits per heavy atom. The van der Waals surface area contributed by atoms with Crippen LogP contribution in [0.5, 0.6) is 0 Å². The number of hydrogen-bond acceptors (Lipinski definition) is 3. The molecule has 1 aromatic heterocycles. The number of aromatic nitrogens is 1. The van der Waals surface area contributed by atoms with Crippen LogP contribution in [0, 0.1) is 0 Å². The SMILES string of the molecule is CCCc1ccccc1NC(=O)c1cc(NCC)ccn1. The number of nitrogens with one attached hydrogen (secondary N) is 2. The van der Waals surface area contributed by atoms with Gasteiger partial charge in [-0.05, 0) is 37.1 Å². The van der Waals surface area contributed by atoms with Crippen molar-refractivity contribution in [2.24, 2.45) is 0 Å². The highest BCUT2D eigenvalue weighted by Gasteiger charge is 2.10. The summed E-state index contributed by atoms with van der Waals surface area (Å²) in [5.74, 6) is -0.182. The molecule has 0 saturated heterocycles. The van der Waals surface area contributed by atoms with Gasteiger partial charge in [-0.1, -0.05) is 31.5 Å². The number of para-hydroxylation sites is 1. The molecule has 110 valence electrons. The maximum absolute atomic E-state index is 12.3. The first-order valence-electron chi connectivity index (χ1n) is 7.33. The quantitative estimate of drug-likeness (QED) is 0.849. The van der Waals surface area contributed by atoms with Crippen molar-refractivity contribution in [3.8, 4) is 0 Å². The van der Waals surface area contributed by atoms with Crippen LogP contribution in [0.4, 0.5) is 11.4 Å². The van der Waals surface area contributed by atoms with Gasteiger partial charge in [0.1, 0.15) is 5.69 Å². The molecule has 4 nitrogen and oxygen atoms in total. The van der Waals surface area contributed by atoms with Gasteiger partial charge in [0.05, 0.1) is 0 Å². The van der Waals surface area contributed by atoms with Crippen molar-refractivity contribution >= 4 is 17.3 Å². The molecule has 0 aliphatic rings. The molecule has 1 aromatic carbocycles. The minimum atomic E-state index is -0.182. The average molecular weight is 283 g/mol. The number of pyridine rings is 1. The Kier molecular flexibility index (Phi) is 5.32. The normalized spacial score (nSPS) is 10.2. The lowest BCUT2D eigenvalue weighted by molar-refractivity contribution is 0.102. The monoisotopic (exact) mass is 283 g/mol. The molecule has 21 heavy (non-hydrogen) atoms. The Balaban J connectivity index is 2.16. The number of anilines is 2. The van der Waals surface area contributed by atoms with Crippen molar-refractivity contribution in [2.75, 3.05) is 17.2 Å². The largest absolute Gasteiger partial charge is 0.385 e. The van der Waals surface area contributed by atoms with E-state index in [4.69, 9.17) is 0 Å². The number of hydrogen-bond donors (Lipinski definition) is 2. The summed E-state index contributed by atoms with van der Waals surface area (Å²) in [6.07, 6.45) is 3.63. The molecule has 2 rings (SSSR count). The first kappa shape index (κ1) is 15.0. The van der Waals surface area contributed by atoms with Crippen LogP contribution in [0.25, 0.3) is 0 Å². The van der Waals surface area contributed by atoms with E-state index in [1.807, 2.05) is 37.3 Å². The summed E-state index contributed by atoms with van der Waals surface area (Å²) in [5.41, 5.74) is 3.33. The summed E-state index contributed by atoms with van der Waals surface area (Å²) < 4.78 is 0. The Morgan fingerprint density at radius 1 is 1.19 bits per heavy atom. The number of carbonyl (C=O) groups excluding carboxylic acids is 1. The molecule has 0 atom stereocenters. The third kappa shape index (κ3) is 4.05. The van der Waals surface area contributed by atoms with Gasteiger partial charge in [-0.25, -0.2) is 0 Å². The van der Waals surface area contributed by atoms with Gasteiger partial charge in [0, 0.05) is 24.1 Å². The molecule has 0 saturated carbocycles. The second kappa shape index (κ2) is 7.43. The van der Waals surface area contributed by atoms with Gasteiger partial charge in [0.15, 0.2) is 0 Å². The molecule has 2 aromatic rings. The van der Waals surface area contributed by atoms with E-state index in [0.717, 1.165) is 36.3 Å². The van der Waals surface area contributed by atoms with Crippen LogP contribution in [0.1, 0.15) is 36.3 Å². The number of amides is 1. The third-order valence-corrected chi connectivity index (χ3v) is 3.16. The van der Waals surface area contributed by atoms with Gasteiger partial charge in [-0.2, -0.15) is 0 Å². The summed E-state index contributed by atoms with van der Waals surface area (Å²) >= 11 is 0. The van der Waals surface area contributed by atoms with E-state index in [1.54, 1.807) is 12.3 Å². The van der Waals surface area contributed by atoms with E-state index in [0.29, 0.717) is 5.69 Å². The molecule has 1 amide bonds. The van der Waals surface area contributed by atoms with Crippen molar-refractivity contribution in [3.63, 3.8) is 0 Å². The first-order valence-corrected chi connectivity index (χ1v) is 7.33. The number of rotatable bonds is 6. The maximum Gasteiger partial charge on any atom is 0.274 e. The lowest BCUT2D eigenvalue weighted by Gasteiger charge is -2.10. The van der Waals surface area contributed by atoms with Crippen LogP contribution < -0.4 is 10.6 Å². The standard InChI is InChI=1S/C17H21N3O/c1-3-7-13-8-5-6-9-15(13)20-17(21)16-12-14(18-4-2)10-11-19-16/h5-6,8-12H,3-4,7H2,1-2H3,(H,18,19)(H,20,21). The Bertz CT molecular complexity index is 610. The lowest BCUT2D eigenvalue weighted by atomic mass is 10.1. The second-order valence-corrected chi connectivity index (χ2v) is 4.82. The Morgan fingerprint density at radius 3 is 2.76 bits per heavy atom. The van der Waals surface area contributed by atoms with Crippen molar-refractivity contribution in [1.29, 1.82) is 0 Å². The number of carbonyl (C=O) groups is 1. The summed E-state index contributed by atoms with van der Waals surface area (Å²) in [5, 5.41) is 6.13. The molecule has 0 radical (unpaired) electrons. The average Bonchev–Trinajstić information content (AvgIpc) is 2.50. The van der Waals surface area contributed by atoms with Crippen LogP contribution in [-0.2, 0) is 6.42 Å². The van der Waals surface area contributed by atoms with Gasteiger partial charge in [-0.3, -0.25) is 9.78 Å². The van der Waals surface area contributed by atoms with Gasteiger partial charge in [-0.15, -0.1) is 0 Å².